The molecule has 0 fully saturated rings. The summed E-state index contributed by atoms with van der Waals surface area (Å²) in [5.41, 5.74) is 0. The summed E-state index contributed by atoms with van der Waals surface area (Å²) in [5, 5.41) is 0. The van der Waals surface area contributed by atoms with Gasteiger partial charge in [0.25, 0.3) is 0 Å². The summed E-state index contributed by atoms with van der Waals surface area (Å²) in [6.45, 7) is 4.58. The van der Waals surface area contributed by atoms with Crippen molar-refractivity contribution in [2.45, 2.75) is 152 Å². The van der Waals surface area contributed by atoms with E-state index in [2.05, 4.69) is 41.6 Å². The monoisotopic (exact) mass is 612 g/mol. The van der Waals surface area contributed by atoms with Crippen LogP contribution in [0.25, 0.3) is 0 Å². The van der Waals surface area contributed by atoms with Gasteiger partial charge < -0.3 is 0 Å². The Labute approximate surface area is 216 Å². The maximum atomic E-state index is 5.74. The molecule has 0 aromatic rings. The molecule has 0 N–H and O–H groups in total. The van der Waals surface area contributed by atoms with Crippen molar-refractivity contribution in [3.05, 3.63) is 0 Å². The molecule has 0 rings (SSSR count). The number of hydrogen-bond acceptors (Lipinski definition) is 4. The molecule has 0 spiro atoms. The van der Waals surface area contributed by atoms with E-state index in [1.165, 1.54) is 124 Å². The van der Waals surface area contributed by atoms with Crippen molar-refractivity contribution in [1.82, 2.24) is 0 Å². The van der Waals surface area contributed by atoms with Gasteiger partial charge in [-0.15, -0.1) is 0 Å². The molecule has 184 valence electrons. The molecule has 0 unspecified atom stereocenters. The van der Waals surface area contributed by atoms with Crippen LogP contribution in [-0.2, 0) is 0 Å². The van der Waals surface area contributed by atoms with Crippen LogP contribution < -0.4 is 0 Å². The zero-order valence-corrected chi connectivity index (χ0v) is 27.4. The second-order valence-electron chi connectivity index (χ2n) is 9.50. The molecule has 0 aliphatic rings. The maximum absolute atomic E-state index is 5.74. The van der Waals surface area contributed by atoms with Crippen LogP contribution in [0.4, 0.5) is 0 Å². The first kappa shape index (κ1) is 32.7. The molecular formula is C26H52S4Sn. The summed E-state index contributed by atoms with van der Waals surface area (Å²) in [4.78, 5) is 4.99. The van der Waals surface area contributed by atoms with Gasteiger partial charge in [0.1, 0.15) is 0 Å². The first-order valence-electron chi connectivity index (χ1n) is 13.3. The first-order chi connectivity index (χ1) is 14.9. The molecule has 0 bridgehead atoms. The zero-order valence-electron chi connectivity index (χ0n) is 21.3. The van der Waals surface area contributed by atoms with Crippen molar-refractivity contribution in [1.29, 1.82) is 0 Å². The van der Waals surface area contributed by atoms with Crippen LogP contribution >= 0.6 is 42.3 Å². The van der Waals surface area contributed by atoms with E-state index in [1.54, 1.807) is 0 Å². The quantitative estimate of drug-likeness (QED) is 0.0678. The molecule has 0 heterocycles. The molecule has 0 radical (unpaired) electrons. The van der Waals surface area contributed by atoms with Crippen LogP contribution in [0.1, 0.15) is 142 Å². The van der Waals surface area contributed by atoms with Crippen LogP contribution in [0.15, 0.2) is 0 Å². The Morgan fingerprint density at radius 1 is 0.484 bits per heavy atom. The van der Waals surface area contributed by atoms with Gasteiger partial charge in [0.15, 0.2) is 0 Å². The summed E-state index contributed by atoms with van der Waals surface area (Å²) in [6.07, 6.45) is 27.3. The fraction of sp³-hybridized carbons (Fsp3) is 0.923. The fourth-order valence-electron chi connectivity index (χ4n) is 3.83. The SMILES string of the molecule is CCCCCCCCCCCC(=S)[S][Sn]([CH3])([CH3])[S]C(=S)CCCCCCCCCCC. The van der Waals surface area contributed by atoms with Gasteiger partial charge in [0.05, 0.1) is 0 Å². The first-order valence-corrected chi connectivity index (χ1v) is 28.5. The Morgan fingerprint density at radius 3 is 1.03 bits per heavy atom. The van der Waals surface area contributed by atoms with Gasteiger partial charge in [0.2, 0.25) is 0 Å². The van der Waals surface area contributed by atoms with Crippen LogP contribution in [0.5, 0.6) is 0 Å². The van der Waals surface area contributed by atoms with Gasteiger partial charge in [-0.3, -0.25) is 0 Å². The topological polar surface area (TPSA) is 0 Å². The van der Waals surface area contributed by atoms with Crippen LogP contribution in [0.3, 0.4) is 0 Å². The minimum Gasteiger partial charge on any atom is -0.0654 e. The number of thiocarbonyl (C=S) groups is 2. The second kappa shape index (κ2) is 23.4. The molecule has 0 aromatic carbocycles. The number of hydrogen-bond donors (Lipinski definition) is 0. The average molecular weight is 612 g/mol. The van der Waals surface area contributed by atoms with Crippen molar-refractivity contribution < 1.29 is 0 Å². The summed E-state index contributed by atoms with van der Waals surface area (Å²) in [5.74, 6) is 0. The summed E-state index contributed by atoms with van der Waals surface area (Å²) >= 11 is 9.21. The van der Waals surface area contributed by atoms with E-state index in [-0.39, 0.29) is 0 Å². The van der Waals surface area contributed by atoms with Gasteiger partial charge in [-0.2, -0.15) is 0 Å². The number of unbranched alkanes of at least 4 members (excludes halogenated alkanes) is 16. The molecule has 0 amide bonds. The third-order valence-corrected chi connectivity index (χ3v) is 27.0. The molecule has 0 aromatic heterocycles. The normalized spacial score (nSPS) is 11.7. The predicted molar refractivity (Wildman–Crippen MR) is 162 cm³/mol. The third kappa shape index (κ3) is 24.6. The molecule has 0 aliphatic heterocycles. The van der Waals surface area contributed by atoms with Crippen LogP contribution in [0.2, 0.25) is 9.88 Å². The van der Waals surface area contributed by atoms with E-state index in [4.69, 9.17) is 24.4 Å². The summed E-state index contributed by atoms with van der Waals surface area (Å²) in [7, 11) is 4.16. The molecular weight excluding hydrogens is 559 g/mol. The van der Waals surface area contributed by atoms with Gasteiger partial charge >= 0.3 is 205 Å². The van der Waals surface area contributed by atoms with Crippen molar-refractivity contribution >= 4 is 66.3 Å². The van der Waals surface area contributed by atoms with Gasteiger partial charge in [-0.25, -0.2) is 0 Å². The molecule has 0 saturated carbocycles. The Kier molecular flexibility index (Phi) is 24.7. The van der Waals surface area contributed by atoms with E-state index in [0.717, 1.165) is 12.8 Å². The molecule has 0 aliphatic carbocycles. The Hall–Kier alpha value is 1.68. The minimum absolute atomic E-state index is 1.14. The second-order valence-corrected chi connectivity index (χ2v) is 39.3. The smallest absolute Gasteiger partial charge is 0.0654 e. The van der Waals surface area contributed by atoms with Gasteiger partial charge in [-0.05, 0) is 0 Å². The molecule has 31 heavy (non-hydrogen) atoms. The van der Waals surface area contributed by atoms with Crippen molar-refractivity contribution in [2.75, 3.05) is 0 Å². The molecule has 0 nitrogen and oxygen atoms in total. The van der Waals surface area contributed by atoms with Crippen LogP contribution in [0, 0.1) is 0 Å². The predicted octanol–water partition coefficient (Wildman–Crippen LogP) is 11.7. The van der Waals surface area contributed by atoms with E-state index < -0.39 is 15.6 Å². The number of rotatable bonds is 22. The third-order valence-electron chi connectivity index (χ3n) is 5.69. The van der Waals surface area contributed by atoms with E-state index in [0.29, 0.717) is 0 Å². The molecule has 0 saturated heterocycles. The fourth-order valence-corrected chi connectivity index (χ4v) is 32.6. The average Bonchev–Trinajstić information content (AvgIpc) is 2.70. The van der Waals surface area contributed by atoms with Crippen molar-refractivity contribution in [3.8, 4) is 0 Å². The Balaban J connectivity index is 3.67. The van der Waals surface area contributed by atoms with E-state index in [9.17, 15) is 0 Å². The Morgan fingerprint density at radius 2 is 0.742 bits per heavy atom. The van der Waals surface area contributed by atoms with Crippen LogP contribution in [-0.4, -0.2) is 24.0 Å². The van der Waals surface area contributed by atoms with Gasteiger partial charge in [-0.1, -0.05) is 13.8 Å². The summed E-state index contributed by atoms with van der Waals surface area (Å²) < 4.78 is 2.53. The van der Waals surface area contributed by atoms with Gasteiger partial charge in [0, 0.05) is 0 Å². The summed E-state index contributed by atoms with van der Waals surface area (Å²) in [6, 6.07) is 0. The van der Waals surface area contributed by atoms with Crippen molar-refractivity contribution in [3.63, 3.8) is 0 Å². The van der Waals surface area contributed by atoms with E-state index >= 15 is 0 Å². The van der Waals surface area contributed by atoms with Crippen molar-refractivity contribution in [2.24, 2.45) is 0 Å². The standard InChI is InChI=1S/2C12H24S2.2CH3.Sn/c2*1-2-3-4-5-6-7-8-9-10-11-12(13)14;;;/h2*2-11H2,1H3,(H,13,14);2*1H3;/q;;;;+2/p-2. The Bertz CT molecular complexity index is 399. The zero-order chi connectivity index (χ0) is 23.2. The minimum atomic E-state index is -2.26. The van der Waals surface area contributed by atoms with E-state index in [1.807, 2.05) is 0 Å². The molecule has 0 atom stereocenters. The molecule has 5 heteroatoms.